The zero-order valence-corrected chi connectivity index (χ0v) is 13.2. The van der Waals surface area contributed by atoms with Crippen LogP contribution in [0, 0.1) is 13.8 Å². The van der Waals surface area contributed by atoms with Gasteiger partial charge in [-0.3, -0.25) is 4.79 Å². The van der Waals surface area contributed by atoms with Crippen LogP contribution in [0.1, 0.15) is 36.2 Å². The van der Waals surface area contributed by atoms with Gasteiger partial charge in [0.25, 0.3) is 0 Å². The van der Waals surface area contributed by atoms with Crippen molar-refractivity contribution in [3.63, 3.8) is 0 Å². The lowest BCUT2D eigenvalue weighted by Crippen LogP contribution is -2.26. The highest BCUT2D eigenvalue weighted by Gasteiger charge is 2.27. The number of fused-ring (bicyclic) bond motifs is 1. The number of aryl methyl sites for hydroxylation is 3. The van der Waals surface area contributed by atoms with Gasteiger partial charge in [-0.1, -0.05) is 6.07 Å². The van der Waals surface area contributed by atoms with Crippen molar-refractivity contribution >= 4 is 16.9 Å². The number of amides is 1. The van der Waals surface area contributed by atoms with E-state index >= 15 is 0 Å². The van der Waals surface area contributed by atoms with Crippen LogP contribution in [0.5, 0.6) is 0 Å². The van der Waals surface area contributed by atoms with Crippen LogP contribution < -0.4 is 5.32 Å². The summed E-state index contributed by atoms with van der Waals surface area (Å²) in [4.78, 5) is 19.1. The van der Waals surface area contributed by atoms with Crippen LogP contribution in [0.2, 0.25) is 0 Å². The van der Waals surface area contributed by atoms with E-state index in [9.17, 15) is 18.0 Å². The quantitative estimate of drug-likeness (QED) is 0.797. The van der Waals surface area contributed by atoms with Crippen LogP contribution in [-0.2, 0) is 11.2 Å². The second-order valence-corrected chi connectivity index (χ2v) is 5.66. The van der Waals surface area contributed by atoms with Crippen molar-refractivity contribution in [2.75, 3.05) is 6.54 Å². The Hall–Kier alpha value is -2.05. The van der Waals surface area contributed by atoms with Gasteiger partial charge in [-0.05, 0) is 37.5 Å². The first-order valence-corrected chi connectivity index (χ1v) is 7.54. The number of aromatic amines is 1. The molecule has 0 unspecified atom stereocenters. The number of nitrogens with one attached hydrogen (secondary N) is 2. The summed E-state index contributed by atoms with van der Waals surface area (Å²) in [5.74, 6) is 0.247. The van der Waals surface area contributed by atoms with Crippen molar-refractivity contribution in [3.05, 3.63) is 29.1 Å². The highest BCUT2D eigenvalue weighted by Crippen LogP contribution is 2.21. The summed E-state index contributed by atoms with van der Waals surface area (Å²) in [6.07, 6.45) is -4.64. The molecule has 0 saturated heterocycles. The fourth-order valence-corrected chi connectivity index (χ4v) is 2.31. The van der Waals surface area contributed by atoms with Crippen LogP contribution in [0.3, 0.4) is 0 Å². The Morgan fingerprint density at radius 2 is 2.04 bits per heavy atom. The third-order valence-electron chi connectivity index (χ3n) is 3.78. The SMILES string of the molecule is Cc1ccc2[nH]c(CCCNC(=O)CCC(F)(F)F)nc2c1C. The highest BCUT2D eigenvalue weighted by molar-refractivity contribution is 5.79. The first-order valence-electron chi connectivity index (χ1n) is 7.54. The highest BCUT2D eigenvalue weighted by atomic mass is 19.4. The largest absolute Gasteiger partial charge is 0.389 e. The van der Waals surface area contributed by atoms with Crippen molar-refractivity contribution in [1.29, 1.82) is 0 Å². The number of aromatic nitrogens is 2. The first kappa shape index (κ1) is 17.3. The third kappa shape index (κ3) is 4.97. The molecule has 1 heterocycles. The Bertz CT molecular complexity index is 692. The fourth-order valence-electron chi connectivity index (χ4n) is 2.31. The molecule has 1 aromatic carbocycles. The average molecular weight is 327 g/mol. The summed E-state index contributed by atoms with van der Waals surface area (Å²) in [6, 6.07) is 4.01. The molecule has 2 aromatic rings. The minimum Gasteiger partial charge on any atom is -0.356 e. The molecule has 7 heteroatoms. The number of H-pyrrole nitrogens is 1. The Balaban J connectivity index is 1.79. The molecule has 0 fully saturated rings. The number of carbonyl (C=O) groups is 1. The van der Waals surface area contributed by atoms with Gasteiger partial charge in [0.15, 0.2) is 0 Å². The van der Waals surface area contributed by atoms with Gasteiger partial charge in [-0.25, -0.2) is 4.98 Å². The number of carbonyl (C=O) groups excluding carboxylic acids is 1. The molecule has 23 heavy (non-hydrogen) atoms. The molecule has 0 atom stereocenters. The predicted octanol–water partition coefficient (Wildman–Crippen LogP) is 3.57. The van der Waals surface area contributed by atoms with Crippen LogP contribution in [0.4, 0.5) is 13.2 Å². The lowest BCUT2D eigenvalue weighted by molar-refractivity contribution is -0.144. The monoisotopic (exact) mass is 327 g/mol. The molecule has 0 aliphatic rings. The molecule has 1 aromatic heterocycles. The number of benzene rings is 1. The van der Waals surface area contributed by atoms with Gasteiger partial charge in [0.2, 0.25) is 5.91 Å². The molecule has 0 spiro atoms. The zero-order chi connectivity index (χ0) is 17.0. The normalized spacial score (nSPS) is 11.9. The summed E-state index contributed by atoms with van der Waals surface area (Å²) in [5, 5.41) is 2.50. The third-order valence-corrected chi connectivity index (χ3v) is 3.78. The van der Waals surface area contributed by atoms with Gasteiger partial charge in [-0.2, -0.15) is 13.2 Å². The van der Waals surface area contributed by atoms with E-state index in [1.807, 2.05) is 26.0 Å². The van der Waals surface area contributed by atoms with Gasteiger partial charge in [-0.15, -0.1) is 0 Å². The van der Waals surface area contributed by atoms with Gasteiger partial charge in [0.1, 0.15) is 5.82 Å². The van der Waals surface area contributed by atoms with Crippen molar-refractivity contribution in [3.8, 4) is 0 Å². The van der Waals surface area contributed by atoms with E-state index in [0.717, 1.165) is 22.4 Å². The second-order valence-electron chi connectivity index (χ2n) is 5.66. The van der Waals surface area contributed by atoms with Gasteiger partial charge in [0.05, 0.1) is 17.5 Å². The first-order chi connectivity index (χ1) is 10.8. The maximum Gasteiger partial charge on any atom is 0.389 e. The van der Waals surface area contributed by atoms with E-state index in [-0.39, 0.29) is 0 Å². The van der Waals surface area contributed by atoms with Gasteiger partial charge in [0, 0.05) is 19.4 Å². The summed E-state index contributed by atoms with van der Waals surface area (Å²) in [7, 11) is 0. The van der Waals surface area contributed by atoms with Crippen molar-refractivity contribution in [1.82, 2.24) is 15.3 Å². The number of halogens is 3. The van der Waals surface area contributed by atoms with E-state index in [0.29, 0.717) is 19.4 Å². The summed E-state index contributed by atoms with van der Waals surface area (Å²) in [5.41, 5.74) is 4.21. The summed E-state index contributed by atoms with van der Waals surface area (Å²) < 4.78 is 36.0. The van der Waals surface area contributed by atoms with Crippen LogP contribution in [0.15, 0.2) is 12.1 Å². The standard InChI is InChI=1S/C16H20F3N3O/c1-10-5-6-12-15(11(10)2)22-13(21-12)4-3-9-20-14(23)7-8-16(17,18)19/h5-6H,3-4,7-9H2,1-2H3,(H,20,23)(H,21,22). The smallest absolute Gasteiger partial charge is 0.356 e. The minimum absolute atomic E-state index is 0.339. The molecule has 1 amide bonds. The summed E-state index contributed by atoms with van der Waals surface area (Å²) >= 11 is 0. The van der Waals surface area contributed by atoms with Crippen molar-refractivity contribution in [2.45, 2.75) is 45.7 Å². The number of hydrogen-bond acceptors (Lipinski definition) is 2. The number of hydrogen-bond donors (Lipinski definition) is 2. The molecule has 2 N–H and O–H groups in total. The Morgan fingerprint density at radius 1 is 1.30 bits per heavy atom. The Morgan fingerprint density at radius 3 is 2.74 bits per heavy atom. The lowest BCUT2D eigenvalue weighted by Gasteiger charge is -2.06. The molecule has 4 nitrogen and oxygen atoms in total. The molecule has 0 aliphatic heterocycles. The lowest BCUT2D eigenvalue weighted by atomic mass is 10.1. The van der Waals surface area contributed by atoms with E-state index in [2.05, 4.69) is 15.3 Å². The van der Waals surface area contributed by atoms with Gasteiger partial charge >= 0.3 is 6.18 Å². The van der Waals surface area contributed by atoms with E-state index in [1.54, 1.807) is 0 Å². The predicted molar refractivity (Wildman–Crippen MR) is 82.2 cm³/mol. The van der Waals surface area contributed by atoms with Crippen LogP contribution >= 0.6 is 0 Å². The van der Waals surface area contributed by atoms with Crippen molar-refractivity contribution < 1.29 is 18.0 Å². The topological polar surface area (TPSA) is 57.8 Å². The van der Waals surface area contributed by atoms with Gasteiger partial charge < -0.3 is 10.3 Å². The molecule has 0 aliphatic carbocycles. The fraction of sp³-hybridized carbons (Fsp3) is 0.500. The number of imidazole rings is 1. The number of nitrogens with zero attached hydrogens (tertiary/aromatic N) is 1. The zero-order valence-electron chi connectivity index (χ0n) is 13.2. The van der Waals surface area contributed by atoms with E-state index < -0.39 is 24.9 Å². The number of rotatable bonds is 6. The molecule has 0 saturated carbocycles. The maximum atomic E-state index is 12.0. The van der Waals surface area contributed by atoms with Crippen molar-refractivity contribution in [2.24, 2.45) is 0 Å². The molecule has 0 bridgehead atoms. The average Bonchev–Trinajstić information content (AvgIpc) is 2.88. The van der Waals surface area contributed by atoms with E-state index in [4.69, 9.17) is 0 Å². The van der Waals surface area contributed by atoms with Crippen LogP contribution in [0.25, 0.3) is 11.0 Å². The Labute approximate surface area is 132 Å². The molecule has 2 rings (SSSR count). The maximum absolute atomic E-state index is 12.0. The molecule has 0 radical (unpaired) electrons. The molecular formula is C16H20F3N3O. The second kappa shape index (κ2) is 7.02. The number of alkyl halides is 3. The van der Waals surface area contributed by atoms with E-state index in [1.165, 1.54) is 5.56 Å². The Kier molecular flexibility index (Phi) is 5.28. The minimum atomic E-state index is -4.29. The van der Waals surface area contributed by atoms with Crippen LogP contribution in [-0.4, -0.2) is 28.6 Å². The molecular weight excluding hydrogens is 307 g/mol. The summed E-state index contributed by atoms with van der Waals surface area (Å²) in [6.45, 7) is 4.38. The molecule has 126 valence electrons.